The topological polar surface area (TPSA) is 57.7 Å². The molecule has 0 unspecified atom stereocenters. The van der Waals surface area contributed by atoms with Crippen LogP contribution in [0, 0.1) is 0 Å². The third kappa shape index (κ3) is 3.33. The molecule has 5 nitrogen and oxygen atoms in total. The highest BCUT2D eigenvalue weighted by Crippen LogP contribution is 2.24. The van der Waals surface area contributed by atoms with Crippen LogP contribution in [-0.2, 0) is 14.6 Å². The van der Waals surface area contributed by atoms with Crippen LogP contribution < -0.4 is 4.90 Å². The lowest BCUT2D eigenvalue weighted by molar-refractivity contribution is -0.125. The van der Waals surface area contributed by atoms with Gasteiger partial charge in [0.15, 0.2) is 9.84 Å². The monoisotopic (exact) mass is 322 g/mol. The van der Waals surface area contributed by atoms with Crippen LogP contribution in [0.2, 0.25) is 0 Å². The molecule has 1 amide bonds. The van der Waals surface area contributed by atoms with Crippen LogP contribution in [0.3, 0.4) is 0 Å². The third-order valence-electron chi connectivity index (χ3n) is 4.51. The molecule has 2 saturated heterocycles. The molecule has 1 atom stereocenters. The summed E-state index contributed by atoms with van der Waals surface area (Å²) in [5.74, 6) is 0.520. The Morgan fingerprint density at radius 3 is 2.50 bits per heavy atom. The van der Waals surface area contributed by atoms with Crippen molar-refractivity contribution in [1.82, 2.24) is 4.90 Å². The number of piperidine rings is 1. The van der Waals surface area contributed by atoms with Crippen molar-refractivity contribution in [2.24, 2.45) is 0 Å². The van der Waals surface area contributed by atoms with Gasteiger partial charge in [0.2, 0.25) is 5.91 Å². The fourth-order valence-electron chi connectivity index (χ4n) is 3.33. The molecule has 120 valence electrons. The van der Waals surface area contributed by atoms with Gasteiger partial charge in [0.1, 0.15) is 0 Å². The van der Waals surface area contributed by atoms with Gasteiger partial charge >= 0.3 is 0 Å². The molecule has 2 aliphatic heterocycles. The number of hydrogen-bond donors (Lipinski definition) is 0. The fourth-order valence-corrected chi connectivity index (χ4v) is 4.61. The third-order valence-corrected chi connectivity index (χ3v) is 6.22. The van der Waals surface area contributed by atoms with Crippen LogP contribution in [0.15, 0.2) is 30.3 Å². The number of hydrogen-bond acceptors (Lipinski definition) is 4. The highest BCUT2D eigenvalue weighted by atomic mass is 32.2. The number of carbonyl (C=O) groups is 1. The lowest BCUT2D eigenvalue weighted by Gasteiger charge is -2.38. The van der Waals surface area contributed by atoms with Gasteiger partial charge in [-0.15, -0.1) is 0 Å². The summed E-state index contributed by atoms with van der Waals surface area (Å²) in [5.41, 5.74) is 0.930. The van der Waals surface area contributed by atoms with E-state index < -0.39 is 9.84 Å². The quantitative estimate of drug-likeness (QED) is 0.823. The van der Waals surface area contributed by atoms with E-state index in [-0.39, 0.29) is 23.5 Å². The molecule has 2 heterocycles. The Kier molecular flexibility index (Phi) is 4.49. The zero-order valence-corrected chi connectivity index (χ0v) is 13.5. The normalized spacial score (nSPS) is 26.6. The molecule has 0 N–H and O–H groups in total. The van der Waals surface area contributed by atoms with E-state index in [4.69, 9.17) is 0 Å². The lowest BCUT2D eigenvalue weighted by Crippen LogP contribution is -2.53. The Bertz CT molecular complexity index is 630. The molecule has 22 heavy (non-hydrogen) atoms. The molecule has 0 aromatic heterocycles. The summed E-state index contributed by atoms with van der Waals surface area (Å²) < 4.78 is 23.5. The molecule has 0 spiro atoms. The van der Waals surface area contributed by atoms with E-state index in [0.717, 1.165) is 25.1 Å². The zero-order chi connectivity index (χ0) is 15.6. The molecular formula is C16H22N2O3S. The van der Waals surface area contributed by atoms with E-state index >= 15 is 0 Å². The summed E-state index contributed by atoms with van der Waals surface area (Å²) >= 11 is 0. The van der Waals surface area contributed by atoms with Crippen LogP contribution >= 0.6 is 0 Å². The Morgan fingerprint density at radius 2 is 1.73 bits per heavy atom. The van der Waals surface area contributed by atoms with Crippen LogP contribution in [0.5, 0.6) is 0 Å². The lowest BCUT2D eigenvalue weighted by atomic mass is 10.0. The number of anilines is 1. The standard InChI is InChI=1S/C16H22N2O3S/c19-16-15(17-9-5-12-22(20,21)13-11-17)8-4-10-18(16)14-6-2-1-3-7-14/h1-3,6-7,15H,4-5,8-13H2/t15-/m1/s1. The van der Waals surface area contributed by atoms with Crippen molar-refractivity contribution in [3.63, 3.8) is 0 Å². The molecule has 0 bridgehead atoms. The van der Waals surface area contributed by atoms with Crippen LogP contribution in [0.25, 0.3) is 0 Å². The van der Waals surface area contributed by atoms with Gasteiger partial charge in [-0.3, -0.25) is 9.69 Å². The summed E-state index contributed by atoms with van der Waals surface area (Å²) in [6, 6.07) is 9.53. The maximum atomic E-state index is 12.8. The zero-order valence-electron chi connectivity index (χ0n) is 12.6. The maximum Gasteiger partial charge on any atom is 0.244 e. The molecule has 0 saturated carbocycles. The van der Waals surface area contributed by atoms with Crippen molar-refractivity contribution in [3.05, 3.63) is 30.3 Å². The number of nitrogens with zero attached hydrogens (tertiary/aromatic N) is 2. The average molecular weight is 322 g/mol. The molecule has 0 aliphatic carbocycles. The van der Waals surface area contributed by atoms with E-state index in [1.165, 1.54) is 0 Å². The molecule has 2 aliphatic rings. The molecule has 0 radical (unpaired) electrons. The van der Waals surface area contributed by atoms with E-state index in [0.29, 0.717) is 19.5 Å². The minimum absolute atomic E-state index is 0.108. The molecule has 3 rings (SSSR count). The number of benzene rings is 1. The van der Waals surface area contributed by atoms with Gasteiger partial charge in [-0.2, -0.15) is 0 Å². The minimum Gasteiger partial charge on any atom is -0.311 e. The van der Waals surface area contributed by atoms with Crippen molar-refractivity contribution in [3.8, 4) is 0 Å². The Labute approximate surface area is 131 Å². The first-order valence-electron chi connectivity index (χ1n) is 7.88. The van der Waals surface area contributed by atoms with Gasteiger partial charge in [0.05, 0.1) is 17.5 Å². The first-order valence-corrected chi connectivity index (χ1v) is 9.70. The number of sulfone groups is 1. The molecule has 2 fully saturated rings. The summed E-state index contributed by atoms with van der Waals surface area (Å²) in [4.78, 5) is 16.7. The number of amides is 1. The predicted octanol–water partition coefficient (Wildman–Crippen LogP) is 1.30. The van der Waals surface area contributed by atoms with Gasteiger partial charge in [-0.05, 0) is 37.9 Å². The largest absolute Gasteiger partial charge is 0.311 e. The van der Waals surface area contributed by atoms with Crippen molar-refractivity contribution in [1.29, 1.82) is 0 Å². The Hall–Kier alpha value is -1.40. The second-order valence-corrected chi connectivity index (χ2v) is 8.33. The maximum absolute atomic E-state index is 12.8. The predicted molar refractivity (Wildman–Crippen MR) is 86.7 cm³/mol. The van der Waals surface area contributed by atoms with E-state index in [9.17, 15) is 13.2 Å². The van der Waals surface area contributed by atoms with Crippen LogP contribution in [-0.4, -0.2) is 56.4 Å². The summed E-state index contributed by atoms with van der Waals surface area (Å²) in [6.07, 6.45) is 2.40. The number of para-hydroxylation sites is 1. The Morgan fingerprint density at radius 1 is 0.955 bits per heavy atom. The molecule has 6 heteroatoms. The second-order valence-electron chi connectivity index (χ2n) is 6.02. The SMILES string of the molecule is O=C1[C@H](N2CCCS(=O)(=O)CC2)CCCN1c1ccccc1. The Balaban J connectivity index is 1.75. The molecular weight excluding hydrogens is 300 g/mol. The first-order chi connectivity index (χ1) is 10.6. The van der Waals surface area contributed by atoms with Gasteiger partial charge < -0.3 is 4.90 Å². The minimum atomic E-state index is -2.94. The van der Waals surface area contributed by atoms with Crippen molar-refractivity contribution in [2.45, 2.75) is 25.3 Å². The molecule has 1 aromatic rings. The average Bonchev–Trinajstić information content (AvgIpc) is 2.69. The molecule has 1 aromatic carbocycles. The smallest absolute Gasteiger partial charge is 0.244 e. The van der Waals surface area contributed by atoms with Gasteiger partial charge in [0, 0.05) is 18.8 Å². The van der Waals surface area contributed by atoms with E-state index in [1.807, 2.05) is 35.2 Å². The van der Waals surface area contributed by atoms with Crippen molar-refractivity contribution in [2.75, 3.05) is 36.0 Å². The van der Waals surface area contributed by atoms with E-state index in [1.54, 1.807) is 0 Å². The van der Waals surface area contributed by atoms with Gasteiger partial charge in [-0.1, -0.05) is 18.2 Å². The number of rotatable bonds is 2. The van der Waals surface area contributed by atoms with Crippen LogP contribution in [0.1, 0.15) is 19.3 Å². The highest BCUT2D eigenvalue weighted by molar-refractivity contribution is 7.91. The summed E-state index contributed by atoms with van der Waals surface area (Å²) in [7, 11) is -2.94. The van der Waals surface area contributed by atoms with E-state index in [2.05, 4.69) is 4.90 Å². The van der Waals surface area contributed by atoms with Crippen molar-refractivity contribution < 1.29 is 13.2 Å². The highest BCUT2D eigenvalue weighted by Gasteiger charge is 2.35. The summed E-state index contributed by atoms with van der Waals surface area (Å²) in [6.45, 7) is 1.91. The second kappa shape index (κ2) is 6.38. The fraction of sp³-hybridized carbons (Fsp3) is 0.562. The van der Waals surface area contributed by atoms with Gasteiger partial charge in [0.25, 0.3) is 0 Å². The van der Waals surface area contributed by atoms with Gasteiger partial charge in [-0.25, -0.2) is 8.42 Å². The first kappa shape index (κ1) is 15.5. The van der Waals surface area contributed by atoms with Crippen molar-refractivity contribution >= 4 is 21.4 Å². The van der Waals surface area contributed by atoms with Crippen LogP contribution in [0.4, 0.5) is 5.69 Å². The number of carbonyl (C=O) groups excluding carboxylic acids is 1. The summed E-state index contributed by atoms with van der Waals surface area (Å²) in [5, 5.41) is 0.